The fourth-order valence-corrected chi connectivity index (χ4v) is 1.93. The highest BCUT2D eigenvalue weighted by Gasteiger charge is 2.19. The molecular weight excluding hydrogens is 284 g/mol. The van der Waals surface area contributed by atoms with Crippen LogP contribution in [0.25, 0.3) is 0 Å². The fraction of sp³-hybridized carbons (Fsp3) is 0.385. The molecule has 0 spiro atoms. The molecule has 0 aliphatic heterocycles. The van der Waals surface area contributed by atoms with E-state index in [9.17, 15) is 13.6 Å². The number of rotatable bonds is 6. The van der Waals surface area contributed by atoms with Crippen LogP contribution in [-0.4, -0.2) is 30.5 Å². The van der Waals surface area contributed by atoms with Gasteiger partial charge in [0.1, 0.15) is 4.99 Å². The van der Waals surface area contributed by atoms with Crippen LogP contribution < -0.4 is 16.0 Å². The maximum absolute atomic E-state index is 14.0. The Morgan fingerprint density at radius 2 is 2.00 bits per heavy atom. The van der Waals surface area contributed by atoms with Gasteiger partial charge in [-0.1, -0.05) is 12.2 Å². The first-order chi connectivity index (χ1) is 9.42. The topological polar surface area (TPSA) is 58.4 Å². The Kier molecular flexibility index (Phi) is 5.82. The minimum absolute atomic E-state index is 0.0104. The molecule has 0 heterocycles. The van der Waals surface area contributed by atoms with Crippen LogP contribution in [0.5, 0.6) is 0 Å². The lowest BCUT2D eigenvalue weighted by Crippen LogP contribution is -2.37. The van der Waals surface area contributed by atoms with Crippen molar-refractivity contribution in [1.82, 2.24) is 5.32 Å². The molecule has 1 aromatic rings. The number of nitrogens with one attached hydrogen (secondary N) is 1. The molecule has 20 heavy (non-hydrogen) atoms. The largest absolute Gasteiger partial charge is 0.389 e. The van der Waals surface area contributed by atoms with Gasteiger partial charge in [-0.15, -0.1) is 0 Å². The first-order valence-corrected chi connectivity index (χ1v) is 6.62. The summed E-state index contributed by atoms with van der Waals surface area (Å²) >= 11 is 4.64. The maximum atomic E-state index is 14.0. The van der Waals surface area contributed by atoms with Crippen LogP contribution in [0.1, 0.15) is 19.4 Å². The number of hydrogen-bond acceptors (Lipinski definition) is 3. The molecule has 110 valence electrons. The molecule has 0 aliphatic rings. The molecule has 7 heteroatoms. The van der Waals surface area contributed by atoms with E-state index in [0.29, 0.717) is 13.1 Å². The van der Waals surface area contributed by atoms with Gasteiger partial charge in [0.15, 0.2) is 11.6 Å². The summed E-state index contributed by atoms with van der Waals surface area (Å²) in [5.74, 6) is -2.40. The molecule has 0 bridgehead atoms. The van der Waals surface area contributed by atoms with E-state index >= 15 is 0 Å². The zero-order valence-electron chi connectivity index (χ0n) is 11.4. The molecule has 0 fully saturated rings. The minimum atomic E-state index is -1.09. The van der Waals surface area contributed by atoms with E-state index in [1.165, 1.54) is 17.0 Å². The Labute approximate surface area is 121 Å². The highest BCUT2D eigenvalue weighted by molar-refractivity contribution is 7.80. The predicted octanol–water partition coefficient (Wildman–Crippen LogP) is 1.56. The van der Waals surface area contributed by atoms with E-state index in [1.54, 1.807) is 13.8 Å². The Morgan fingerprint density at radius 1 is 1.35 bits per heavy atom. The molecule has 0 atom stereocenters. The standard InChI is InChI=1S/C13H17F2N3OS/c1-3-17-10(19)7-18(4-2)9-6-5-8(13(16)20)11(14)12(9)15/h5-6H,3-4,7H2,1-2H3,(H2,16,20)(H,17,19). The van der Waals surface area contributed by atoms with Crippen LogP contribution in [0.15, 0.2) is 12.1 Å². The lowest BCUT2D eigenvalue weighted by atomic mass is 10.1. The number of hydrogen-bond donors (Lipinski definition) is 2. The first kappa shape index (κ1) is 16.3. The molecule has 0 saturated carbocycles. The van der Waals surface area contributed by atoms with Crippen molar-refractivity contribution >= 4 is 28.8 Å². The van der Waals surface area contributed by atoms with E-state index < -0.39 is 11.6 Å². The van der Waals surface area contributed by atoms with Gasteiger partial charge in [-0.2, -0.15) is 0 Å². The third kappa shape index (κ3) is 3.63. The minimum Gasteiger partial charge on any atom is -0.389 e. The second kappa shape index (κ2) is 7.14. The smallest absolute Gasteiger partial charge is 0.239 e. The van der Waals surface area contributed by atoms with Crippen molar-refractivity contribution in [2.24, 2.45) is 5.73 Å². The third-order valence-electron chi connectivity index (χ3n) is 2.76. The molecule has 1 aromatic carbocycles. The van der Waals surface area contributed by atoms with Gasteiger partial charge in [-0.05, 0) is 26.0 Å². The van der Waals surface area contributed by atoms with Crippen LogP contribution in [0.4, 0.5) is 14.5 Å². The van der Waals surface area contributed by atoms with E-state index in [-0.39, 0.29) is 28.7 Å². The highest BCUT2D eigenvalue weighted by Crippen LogP contribution is 2.24. The number of carbonyl (C=O) groups is 1. The summed E-state index contributed by atoms with van der Waals surface area (Å²) in [5.41, 5.74) is 5.18. The number of halogens is 2. The van der Waals surface area contributed by atoms with Crippen LogP contribution in [-0.2, 0) is 4.79 Å². The molecule has 4 nitrogen and oxygen atoms in total. The average Bonchev–Trinajstić information content (AvgIpc) is 2.39. The van der Waals surface area contributed by atoms with Gasteiger partial charge < -0.3 is 16.0 Å². The SMILES string of the molecule is CCNC(=O)CN(CC)c1ccc(C(N)=S)c(F)c1F. The Bertz CT molecular complexity index is 523. The zero-order chi connectivity index (χ0) is 15.3. The number of amides is 1. The van der Waals surface area contributed by atoms with Gasteiger partial charge in [0.05, 0.1) is 12.2 Å². The van der Waals surface area contributed by atoms with Crippen molar-refractivity contribution in [3.05, 3.63) is 29.3 Å². The maximum Gasteiger partial charge on any atom is 0.239 e. The molecule has 3 N–H and O–H groups in total. The normalized spacial score (nSPS) is 10.2. The number of likely N-dealkylation sites (N-methyl/N-ethyl adjacent to an activating group) is 2. The second-order valence-corrected chi connectivity index (χ2v) is 4.53. The predicted molar refractivity (Wildman–Crippen MR) is 78.8 cm³/mol. The summed E-state index contributed by atoms with van der Waals surface area (Å²) in [4.78, 5) is 12.8. The molecule has 0 radical (unpaired) electrons. The fourth-order valence-electron chi connectivity index (χ4n) is 1.77. The summed E-state index contributed by atoms with van der Waals surface area (Å²) < 4.78 is 27.9. The third-order valence-corrected chi connectivity index (χ3v) is 2.98. The summed E-state index contributed by atoms with van der Waals surface area (Å²) in [5, 5.41) is 2.61. The Balaban J connectivity index is 3.08. The second-order valence-electron chi connectivity index (χ2n) is 4.09. The molecule has 0 aromatic heterocycles. The molecule has 1 amide bonds. The van der Waals surface area contributed by atoms with Crippen molar-refractivity contribution in [2.75, 3.05) is 24.5 Å². The average molecular weight is 301 g/mol. The van der Waals surface area contributed by atoms with Crippen molar-refractivity contribution < 1.29 is 13.6 Å². The van der Waals surface area contributed by atoms with Gasteiger partial charge in [-0.3, -0.25) is 4.79 Å². The summed E-state index contributed by atoms with van der Waals surface area (Å²) in [7, 11) is 0. The Hall–Kier alpha value is -1.76. The highest BCUT2D eigenvalue weighted by atomic mass is 32.1. The van der Waals surface area contributed by atoms with Crippen molar-refractivity contribution in [2.45, 2.75) is 13.8 Å². The lowest BCUT2D eigenvalue weighted by molar-refractivity contribution is -0.119. The van der Waals surface area contributed by atoms with Crippen molar-refractivity contribution in [3.8, 4) is 0 Å². The number of anilines is 1. The molecular formula is C13H17F2N3OS. The van der Waals surface area contributed by atoms with E-state index in [2.05, 4.69) is 17.5 Å². The van der Waals surface area contributed by atoms with E-state index in [1.807, 2.05) is 0 Å². The summed E-state index contributed by atoms with van der Waals surface area (Å²) in [6, 6.07) is 2.69. The number of nitrogens with zero attached hydrogens (tertiary/aromatic N) is 1. The monoisotopic (exact) mass is 301 g/mol. The van der Waals surface area contributed by atoms with Gasteiger partial charge in [0, 0.05) is 18.7 Å². The van der Waals surface area contributed by atoms with Gasteiger partial charge in [-0.25, -0.2) is 8.78 Å². The van der Waals surface area contributed by atoms with Crippen molar-refractivity contribution in [3.63, 3.8) is 0 Å². The summed E-state index contributed by atoms with van der Waals surface area (Å²) in [6.07, 6.45) is 0. The lowest BCUT2D eigenvalue weighted by Gasteiger charge is -2.23. The van der Waals surface area contributed by atoms with Crippen molar-refractivity contribution in [1.29, 1.82) is 0 Å². The van der Waals surface area contributed by atoms with Gasteiger partial charge >= 0.3 is 0 Å². The molecule has 0 saturated heterocycles. The van der Waals surface area contributed by atoms with Crippen LogP contribution >= 0.6 is 12.2 Å². The summed E-state index contributed by atoms with van der Waals surface area (Å²) in [6.45, 7) is 4.32. The number of thiocarbonyl (C=S) groups is 1. The van der Waals surface area contributed by atoms with Gasteiger partial charge in [0.2, 0.25) is 5.91 Å². The number of benzene rings is 1. The Morgan fingerprint density at radius 3 is 2.50 bits per heavy atom. The molecule has 0 unspecified atom stereocenters. The van der Waals surface area contributed by atoms with Crippen LogP contribution in [0.2, 0.25) is 0 Å². The number of nitrogens with two attached hydrogens (primary N) is 1. The van der Waals surface area contributed by atoms with E-state index in [0.717, 1.165) is 0 Å². The quantitative estimate of drug-likeness (QED) is 0.783. The zero-order valence-corrected chi connectivity index (χ0v) is 12.2. The van der Waals surface area contributed by atoms with Crippen LogP contribution in [0.3, 0.4) is 0 Å². The van der Waals surface area contributed by atoms with Gasteiger partial charge in [0.25, 0.3) is 0 Å². The molecule has 1 rings (SSSR count). The number of carbonyl (C=O) groups excluding carboxylic acids is 1. The van der Waals surface area contributed by atoms with Crippen LogP contribution in [0, 0.1) is 11.6 Å². The van der Waals surface area contributed by atoms with E-state index in [4.69, 9.17) is 5.73 Å². The molecule has 0 aliphatic carbocycles. The first-order valence-electron chi connectivity index (χ1n) is 6.21.